The van der Waals surface area contributed by atoms with E-state index in [4.69, 9.17) is 9.47 Å². The van der Waals surface area contributed by atoms with E-state index < -0.39 is 36.0 Å². The Kier molecular flexibility index (Phi) is 6.56. The average molecular weight is 350 g/mol. The van der Waals surface area contributed by atoms with E-state index in [-0.39, 0.29) is 18.8 Å². The van der Waals surface area contributed by atoms with Gasteiger partial charge in [0.15, 0.2) is 0 Å². The van der Waals surface area contributed by atoms with E-state index in [1.807, 2.05) is 13.0 Å². The number of rotatable bonds is 4. The largest absolute Gasteiger partial charge is 0.461 e. The number of hydrogen-bond donors (Lipinski definition) is 2. The van der Waals surface area contributed by atoms with Crippen molar-refractivity contribution in [3.8, 4) is 0 Å². The van der Waals surface area contributed by atoms with Gasteiger partial charge in [0, 0.05) is 12.0 Å². The van der Waals surface area contributed by atoms with Gasteiger partial charge >= 0.3 is 11.9 Å². The Hall–Kier alpha value is -1.92. The number of ether oxygens (including phenoxy) is 2. The summed E-state index contributed by atoms with van der Waals surface area (Å²) >= 11 is 0. The van der Waals surface area contributed by atoms with Gasteiger partial charge in [0.2, 0.25) is 0 Å². The second kappa shape index (κ2) is 8.45. The summed E-state index contributed by atoms with van der Waals surface area (Å²) < 4.78 is 11.0. The van der Waals surface area contributed by atoms with E-state index in [2.05, 4.69) is 6.58 Å². The van der Waals surface area contributed by atoms with E-state index in [1.165, 1.54) is 0 Å². The number of aliphatic hydroxyl groups excluding tert-OH is 2. The minimum absolute atomic E-state index is 0.119. The summed E-state index contributed by atoms with van der Waals surface area (Å²) in [5.41, 5.74) is 2.07. The van der Waals surface area contributed by atoms with Gasteiger partial charge in [-0.3, -0.25) is 4.79 Å². The van der Waals surface area contributed by atoms with Gasteiger partial charge < -0.3 is 19.7 Å². The number of esters is 2. The topological polar surface area (TPSA) is 93.1 Å². The Morgan fingerprint density at radius 3 is 2.84 bits per heavy atom. The molecule has 4 atom stereocenters. The van der Waals surface area contributed by atoms with E-state index in [1.54, 1.807) is 13.0 Å². The molecular weight excluding hydrogens is 324 g/mol. The summed E-state index contributed by atoms with van der Waals surface area (Å²) in [4.78, 5) is 24.2. The molecule has 138 valence electrons. The van der Waals surface area contributed by atoms with Crippen LogP contribution in [0.1, 0.15) is 33.1 Å². The van der Waals surface area contributed by atoms with Gasteiger partial charge in [-0.15, -0.1) is 0 Å². The van der Waals surface area contributed by atoms with Gasteiger partial charge in [-0.2, -0.15) is 0 Å². The molecule has 0 saturated carbocycles. The molecular formula is C19H26O6. The zero-order chi connectivity index (χ0) is 18.6. The highest BCUT2D eigenvalue weighted by atomic mass is 16.6. The normalized spacial score (nSPS) is 28.4. The molecule has 0 amide bonds. The molecule has 6 heteroatoms. The van der Waals surface area contributed by atoms with Gasteiger partial charge in [0.25, 0.3) is 0 Å². The summed E-state index contributed by atoms with van der Waals surface area (Å²) in [6, 6.07) is 0. The Balaban J connectivity index is 2.37. The fourth-order valence-electron chi connectivity index (χ4n) is 3.11. The molecule has 2 aliphatic rings. The number of allylic oxidation sites excluding steroid dienone is 1. The first kappa shape index (κ1) is 19.4. The quantitative estimate of drug-likeness (QED) is 0.455. The van der Waals surface area contributed by atoms with Gasteiger partial charge in [-0.25, -0.2) is 4.79 Å². The maximum atomic E-state index is 12.2. The van der Waals surface area contributed by atoms with E-state index in [9.17, 15) is 19.8 Å². The molecule has 0 radical (unpaired) electrons. The Morgan fingerprint density at radius 2 is 2.20 bits per heavy atom. The van der Waals surface area contributed by atoms with Crippen molar-refractivity contribution in [1.82, 2.24) is 0 Å². The standard InChI is InChI=1S/C19H26O6/c1-11-5-4-6-14(10-21)8-16-17(13(3)19(23)25-16)15(7-11)24-18(22)12(2)9-20/h5,8,12,15-17,20-21H,3-4,6-7,9-10H2,1-2H3. The zero-order valence-corrected chi connectivity index (χ0v) is 14.7. The van der Waals surface area contributed by atoms with Crippen molar-refractivity contribution in [2.45, 2.75) is 45.3 Å². The fraction of sp³-hybridized carbons (Fsp3) is 0.579. The number of aliphatic hydroxyl groups is 2. The maximum absolute atomic E-state index is 12.2. The highest BCUT2D eigenvalue weighted by Gasteiger charge is 2.44. The van der Waals surface area contributed by atoms with Crippen LogP contribution in [0.25, 0.3) is 0 Å². The minimum Gasteiger partial charge on any atom is -0.461 e. The molecule has 0 bridgehead atoms. The third-order valence-electron chi connectivity index (χ3n) is 4.69. The van der Waals surface area contributed by atoms with Crippen LogP contribution in [0.15, 0.2) is 35.5 Å². The molecule has 0 spiro atoms. The van der Waals surface area contributed by atoms with Crippen LogP contribution in [-0.2, 0) is 19.1 Å². The second-order valence-corrected chi connectivity index (χ2v) is 6.76. The van der Waals surface area contributed by atoms with E-state index >= 15 is 0 Å². The number of carbonyl (C=O) groups excluding carboxylic acids is 2. The fourth-order valence-corrected chi connectivity index (χ4v) is 3.11. The van der Waals surface area contributed by atoms with Crippen LogP contribution in [0, 0.1) is 11.8 Å². The van der Waals surface area contributed by atoms with Gasteiger partial charge in [0.1, 0.15) is 12.2 Å². The smallest absolute Gasteiger partial charge is 0.334 e. The molecule has 0 aromatic heterocycles. The van der Waals surface area contributed by atoms with Crippen molar-refractivity contribution in [3.05, 3.63) is 35.5 Å². The predicted octanol–water partition coefficient (Wildman–Crippen LogP) is 1.67. The van der Waals surface area contributed by atoms with Crippen molar-refractivity contribution < 1.29 is 29.3 Å². The van der Waals surface area contributed by atoms with Crippen molar-refractivity contribution in [2.24, 2.45) is 11.8 Å². The molecule has 1 saturated heterocycles. The van der Waals surface area contributed by atoms with Crippen LogP contribution in [0.4, 0.5) is 0 Å². The zero-order valence-electron chi connectivity index (χ0n) is 14.7. The Morgan fingerprint density at radius 1 is 1.48 bits per heavy atom. The first-order chi connectivity index (χ1) is 11.9. The minimum atomic E-state index is -0.645. The molecule has 2 rings (SSSR count). The van der Waals surface area contributed by atoms with Crippen LogP contribution >= 0.6 is 0 Å². The molecule has 1 fully saturated rings. The van der Waals surface area contributed by atoms with Gasteiger partial charge in [-0.05, 0) is 38.3 Å². The summed E-state index contributed by atoms with van der Waals surface area (Å²) in [7, 11) is 0. The Labute approximate surface area is 147 Å². The van der Waals surface area contributed by atoms with Crippen molar-refractivity contribution >= 4 is 11.9 Å². The monoisotopic (exact) mass is 350 g/mol. The molecule has 1 aliphatic heterocycles. The summed E-state index contributed by atoms with van der Waals surface area (Å²) in [6.45, 7) is 6.91. The highest BCUT2D eigenvalue weighted by Crippen LogP contribution is 2.36. The van der Waals surface area contributed by atoms with Crippen LogP contribution in [0.3, 0.4) is 0 Å². The molecule has 0 aromatic rings. The first-order valence-corrected chi connectivity index (χ1v) is 8.54. The lowest BCUT2D eigenvalue weighted by Crippen LogP contribution is -2.35. The van der Waals surface area contributed by atoms with E-state index in [0.29, 0.717) is 12.8 Å². The third-order valence-corrected chi connectivity index (χ3v) is 4.69. The third kappa shape index (κ3) is 4.58. The Bertz CT molecular complexity index is 603. The molecule has 6 nitrogen and oxygen atoms in total. The second-order valence-electron chi connectivity index (χ2n) is 6.76. The van der Waals surface area contributed by atoms with Crippen LogP contribution in [0.2, 0.25) is 0 Å². The number of fused-ring (bicyclic) bond motifs is 1. The molecule has 1 aliphatic carbocycles. The van der Waals surface area contributed by atoms with E-state index in [0.717, 1.165) is 17.6 Å². The number of hydrogen-bond acceptors (Lipinski definition) is 6. The summed E-state index contributed by atoms with van der Waals surface area (Å²) in [5, 5.41) is 18.7. The maximum Gasteiger partial charge on any atom is 0.334 e. The van der Waals surface area contributed by atoms with Crippen molar-refractivity contribution in [2.75, 3.05) is 13.2 Å². The highest BCUT2D eigenvalue weighted by molar-refractivity contribution is 5.91. The first-order valence-electron chi connectivity index (χ1n) is 8.54. The van der Waals surface area contributed by atoms with Gasteiger partial charge in [0.05, 0.1) is 25.0 Å². The lowest BCUT2D eigenvalue weighted by atomic mass is 9.85. The van der Waals surface area contributed by atoms with Crippen LogP contribution < -0.4 is 0 Å². The molecule has 25 heavy (non-hydrogen) atoms. The lowest BCUT2D eigenvalue weighted by molar-refractivity contribution is -0.157. The molecule has 2 N–H and O–H groups in total. The van der Waals surface area contributed by atoms with Crippen molar-refractivity contribution in [3.63, 3.8) is 0 Å². The average Bonchev–Trinajstić information content (AvgIpc) is 2.86. The summed E-state index contributed by atoms with van der Waals surface area (Å²) in [5.74, 6) is -2.19. The lowest BCUT2D eigenvalue weighted by Gasteiger charge is -2.28. The summed E-state index contributed by atoms with van der Waals surface area (Å²) in [6.07, 6.45) is 4.44. The molecule has 4 unspecified atom stereocenters. The molecule has 1 heterocycles. The van der Waals surface area contributed by atoms with Crippen LogP contribution in [0.5, 0.6) is 0 Å². The SMILES string of the molecule is C=C1C(=O)OC2C=C(CO)CCC=C(C)CC(OC(=O)C(C)CO)C12. The van der Waals surface area contributed by atoms with Crippen LogP contribution in [-0.4, -0.2) is 47.6 Å². The molecule has 0 aromatic carbocycles. The van der Waals surface area contributed by atoms with Gasteiger partial charge in [-0.1, -0.05) is 18.2 Å². The van der Waals surface area contributed by atoms with Crippen molar-refractivity contribution in [1.29, 1.82) is 0 Å². The number of carbonyl (C=O) groups is 2. The predicted molar refractivity (Wildman–Crippen MR) is 91.4 cm³/mol.